The first-order valence-electron chi connectivity index (χ1n) is 10.2. The molecule has 0 aliphatic heterocycles. The Morgan fingerprint density at radius 3 is 2.25 bits per heavy atom. The summed E-state index contributed by atoms with van der Waals surface area (Å²) in [4.78, 5) is 31.7. The lowest BCUT2D eigenvalue weighted by Gasteiger charge is -2.27. The summed E-state index contributed by atoms with van der Waals surface area (Å²) in [6.07, 6.45) is 0.417. The van der Waals surface area contributed by atoms with Crippen LogP contribution in [0.4, 0.5) is 0 Å². The average Bonchev–Trinajstić information content (AvgIpc) is 2.99. The van der Waals surface area contributed by atoms with Gasteiger partial charge in [-0.15, -0.1) is 0 Å². The zero-order valence-corrected chi connectivity index (χ0v) is 18.0. The van der Waals surface area contributed by atoms with Crippen molar-refractivity contribution in [3.05, 3.63) is 30.1 Å². The molecule has 1 aromatic carbocycles. The van der Waals surface area contributed by atoms with Gasteiger partial charge in [0.05, 0.1) is 17.1 Å². The molecule has 1 aromatic heterocycles. The Kier molecular flexibility index (Phi) is 7.61. The Labute approximate surface area is 168 Å². The molecule has 0 spiro atoms. The summed E-state index contributed by atoms with van der Waals surface area (Å²) in [6.45, 7) is 13.9. The molecule has 2 aromatic rings. The van der Waals surface area contributed by atoms with Gasteiger partial charge in [-0.05, 0) is 30.9 Å². The molecule has 0 radical (unpaired) electrons. The quantitative estimate of drug-likeness (QED) is 0.713. The molecule has 0 fully saturated rings. The van der Waals surface area contributed by atoms with E-state index in [0.717, 1.165) is 24.1 Å². The van der Waals surface area contributed by atoms with Crippen molar-refractivity contribution in [2.45, 2.75) is 60.5 Å². The number of amides is 2. The van der Waals surface area contributed by atoms with E-state index in [1.54, 1.807) is 0 Å². The predicted molar refractivity (Wildman–Crippen MR) is 113 cm³/mol. The molecule has 0 saturated carbocycles. The zero-order valence-electron chi connectivity index (χ0n) is 18.0. The standard InChI is InChI=1S/C22H34N4O2/c1-7-20(27)23-17(6)22-24-18-10-8-9-11-19(18)26(22)14-21(28)25(12-15(2)3)13-16(4)5/h8-11,15-17H,7,12-14H2,1-6H3,(H,23,27). The van der Waals surface area contributed by atoms with Gasteiger partial charge < -0.3 is 14.8 Å². The summed E-state index contributed by atoms with van der Waals surface area (Å²) < 4.78 is 1.95. The lowest BCUT2D eigenvalue weighted by molar-refractivity contribution is -0.132. The number of fused-ring (bicyclic) bond motifs is 1. The number of nitrogens with one attached hydrogen (secondary N) is 1. The van der Waals surface area contributed by atoms with E-state index in [9.17, 15) is 9.59 Å². The monoisotopic (exact) mass is 386 g/mol. The third-order valence-corrected chi connectivity index (χ3v) is 4.59. The van der Waals surface area contributed by atoms with Crippen LogP contribution < -0.4 is 5.32 Å². The van der Waals surface area contributed by atoms with Crippen LogP contribution in [0.5, 0.6) is 0 Å². The lowest BCUT2D eigenvalue weighted by atomic mass is 10.1. The number of benzene rings is 1. The van der Waals surface area contributed by atoms with Gasteiger partial charge in [-0.25, -0.2) is 4.98 Å². The van der Waals surface area contributed by atoms with Gasteiger partial charge in [-0.3, -0.25) is 9.59 Å². The Balaban J connectivity index is 2.36. The van der Waals surface area contributed by atoms with Crippen molar-refractivity contribution in [2.75, 3.05) is 13.1 Å². The smallest absolute Gasteiger partial charge is 0.242 e. The number of carbonyl (C=O) groups is 2. The zero-order chi connectivity index (χ0) is 20.8. The minimum absolute atomic E-state index is 0.0290. The fourth-order valence-corrected chi connectivity index (χ4v) is 3.39. The summed E-state index contributed by atoms with van der Waals surface area (Å²) in [6, 6.07) is 7.53. The minimum atomic E-state index is -0.267. The third kappa shape index (κ3) is 5.57. The number of nitrogens with zero attached hydrogens (tertiary/aromatic N) is 3. The number of para-hydroxylation sites is 2. The normalized spacial score (nSPS) is 12.6. The largest absolute Gasteiger partial charge is 0.346 e. The fraction of sp³-hybridized carbons (Fsp3) is 0.591. The van der Waals surface area contributed by atoms with Crippen molar-refractivity contribution in [1.29, 1.82) is 0 Å². The number of carbonyl (C=O) groups excluding carboxylic acids is 2. The molecule has 0 aliphatic carbocycles. The first kappa shape index (κ1) is 21.9. The van der Waals surface area contributed by atoms with Gasteiger partial charge in [0.15, 0.2) is 0 Å². The Morgan fingerprint density at radius 2 is 1.68 bits per heavy atom. The minimum Gasteiger partial charge on any atom is -0.346 e. The predicted octanol–water partition coefficient (Wildman–Crippen LogP) is 3.76. The van der Waals surface area contributed by atoms with Crippen molar-refractivity contribution < 1.29 is 9.59 Å². The van der Waals surface area contributed by atoms with Crippen LogP contribution in [-0.4, -0.2) is 39.4 Å². The second-order valence-electron chi connectivity index (χ2n) is 8.27. The molecule has 0 bridgehead atoms. The van der Waals surface area contributed by atoms with Gasteiger partial charge >= 0.3 is 0 Å². The second-order valence-corrected chi connectivity index (χ2v) is 8.27. The van der Waals surface area contributed by atoms with E-state index < -0.39 is 0 Å². The van der Waals surface area contributed by atoms with Crippen molar-refractivity contribution in [1.82, 2.24) is 19.8 Å². The van der Waals surface area contributed by atoms with Crippen LogP contribution in [0, 0.1) is 11.8 Å². The highest BCUT2D eigenvalue weighted by Gasteiger charge is 2.22. The molecular weight excluding hydrogens is 352 g/mol. The summed E-state index contributed by atoms with van der Waals surface area (Å²) in [5.74, 6) is 1.58. The van der Waals surface area contributed by atoms with Crippen molar-refractivity contribution >= 4 is 22.8 Å². The highest BCUT2D eigenvalue weighted by Crippen LogP contribution is 2.21. The van der Waals surface area contributed by atoms with E-state index in [1.165, 1.54) is 0 Å². The van der Waals surface area contributed by atoms with Crippen molar-refractivity contribution in [3.8, 4) is 0 Å². The SMILES string of the molecule is CCC(=O)NC(C)c1nc2ccccc2n1CC(=O)N(CC(C)C)CC(C)C. The Bertz CT molecular complexity index is 800. The highest BCUT2D eigenvalue weighted by molar-refractivity contribution is 5.82. The van der Waals surface area contributed by atoms with Crippen molar-refractivity contribution in [2.24, 2.45) is 11.8 Å². The van der Waals surface area contributed by atoms with E-state index in [2.05, 4.69) is 33.0 Å². The number of aromatic nitrogens is 2. The van der Waals surface area contributed by atoms with Crippen LogP contribution in [0.25, 0.3) is 11.0 Å². The molecule has 1 unspecified atom stereocenters. The molecule has 1 atom stereocenters. The molecule has 6 heteroatoms. The first-order chi connectivity index (χ1) is 13.2. The topological polar surface area (TPSA) is 67.2 Å². The van der Waals surface area contributed by atoms with Crippen LogP contribution in [0.15, 0.2) is 24.3 Å². The molecule has 2 rings (SSSR count). The molecule has 0 aliphatic rings. The third-order valence-electron chi connectivity index (χ3n) is 4.59. The molecule has 2 amide bonds. The fourth-order valence-electron chi connectivity index (χ4n) is 3.39. The van der Waals surface area contributed by atoms with E-state index in [-0.39, 0.29) is 24.4 Å². The number of rotatable bonds is 9. The number of hydrogen-bond acceptors (Lipinski definition) is 3. The van der Waals surface area contributed by atoms with Gasteiger partial charge in [0.25, 0.3) is 0 Å². The van der Waals surface area contributed by atoms with Crippen LogP contribution in [-0.2, 0) is 16.1 Å². The molecule has 1 N–H and O–H groups in total. The van der Waals surface area contributed by atoms with Gasteiger partial charge in [0.2, 0.25) is 11.8 Å². The van der Waals surface area contributed by atoms with Gasteiger partial charge in [0.1, 0.15) is 12.4 Å². The highest BCUT2D eigenvalue weighted by atomic mass is 16.2. The number of hydrogen-bond donors (Lipinski definition) is 1. The number of imidazole rings is 1. The van der Waals surface area contributed by atoms with E-state index in [4.69, 9.17) is 4.98 Å². The lowest BCUT2D eigenvalue weighted by Crippen LogP contribution is -2.39. The molecule has 28 heavy (non-hydrogen) atoms. The van der Waals surface area contributed by atoms with Gasteiger partial charge in [-0.2, -0.15) is 0 Å². The maximum absolute atomic E-state index is 13.2. The summed E-state index contributed by atoms with van der Waals surface area (Å²) in [7, 11) is 0. The van der Waals surface area contributed by atoms with Gasteiger partial charge in [0, 0.05) is 19.5 Å². The Hall–Kier alpha value is -2.37. The van der Waals surface area contributed by atoms with E-state index >= 15 is 0 Å². The van der Waals surface area contributed by atoms with Crippen LogP contribution in [0.2, 0.25) is 0 Å². The average molecular weight is 387 g/mol. The first-order valence-corrected chi connectivity index (χ1v) is 10.2. The summed E-state index contributed by atoms with van der Waals surface area (Å²) in [5.41, 5.74) is 1.75. The van der Waals surface area contributed by atoms with E-state index in [1.807, 2.05) is 47.6 Å². The molecule has 0 saturated heterocycles. The summed E-state index contributed by atoms with van der Waals surface area (Å²) >= 11 is 0. The maximum atomic E-state index is 13.2. The maximum Gasteiger partial charge on any atom is 0.242 e. The Morgan fingerprint density at radius 1 is 1.07 bits per heavy atom. The molecule has 154 valence electrons. The van der Waals surface area contributed by atoms with Crippen LogP contribution in [0.1, 0.15) is 59.8 Å². The molecule has 1 heterocycles. The molecular formula is C22H34N4O2. The molecule has 6 nitrogen and oxygen atoms in total. The van der Waals surface area contributed by atoms with Gasteiger partial charge in [-0.1, -0.05) is 46.8 Å². The van der Waals surface area contributed by atoms with Crippen LogP contribution >= 0.6 is 0 Å². The van der Waals surface area contributed by atoms with Crippen molar-refractivity contribution in [3.63, 3.8) is 0 Å². The second kappa shape index (κ2) is 9.71. The summed E-state index contributed by atoms with van der Waals surface area (Å²) in [5, 5.41) is 2.97. The van der Waals surface area contributed by atoms with E-state index in [0.29, 0.717) is 24.1 Å². The van der Waals surface area contributed by atoms with Crippen LogP contribution in [0.3, 0.4) is 0 Å².